The molecule has 0 aliphatic heterocycles. The number of aromatic amines is 1. The molecule has 0 bridgehead atoms. The smallest absolute Gasteiger partial charge is 0.340 e. The number of carboxylic acids is 1. The number of carbonyl (C=O) groups is 1. The summed E-state index contributed by atoms with van der Waals surface area (Å²) in [6, 6.07) is 3.47. The number of aromatic nitrogens is 1. The van der Waals surface area contributed by atoms with Crippen LogP contribution in [-0.4, -0.2) is 16.1 Å². The zero-order chi connectivity index (χ0) is 11.0. The summed E-state index contributed by atoms with van der Waals surface area (Å²) in [6.07, 6.45) is 1.46. The first-order valence-electron chi connectivity index (χ1n) is 4.05. The number of nitrogens with two attached hydrogens (primary N) is 1. The normalized spacial score (nSPS) is 10.5. The van der Waals surface area contributed by atoms with Crippen molar-refractivity contribution < 1.29 is 9.90 Å². The Labute approximate surface area is 94.3 Å². The molecule has 15 heavy (non-hydrogen) atoms. The molecular formula is C9H7ClN2O2S. The second-order valence-corrected chi connectivity index (χ2v) is 4.62. The largest absolute Gasteiger partial charge is 0.478 e. The third-order valence-corrected chi connectivity index (χ3v) is 3.19. The van der Waals surface area contributed by atoms with Gasteiger partial charge in [0.15, 0.2) is 0 Å². The van der Waals surface area contributed by atoms with E-state index in [1.807, 2.05) is 0 Å². The van der Waals surface area contributed by atoms with Crippen molar-refractivity contribution in [1.29, 1.82) is 0 Å². The Hall–Kier alpha value is -1.46. The fourth-order valence-electron chi connectivity index (χ4n) is 1.31. The monoisotopic (exact) mass is 242 g/mol. The number of aromatic carboxylic acids is 1. The first-order chi connectivity index (χ1) is 7.09. The minimum atomic E-state index is -1.05. The van der Waals surface area contributed by atoms with Crippen molar-refractivity contribution in [2.75, 3.05) is 5.73 Å². The van der Waals surface area contributed by atoms with Crippen molar-refractivity contribution in [2.24, 2.45) is 0 Å². The van der Waals surface area contributed by atoms with Crippen LogP contribution in [0, 0.1) is 0 Å². The van der Waals surface area contributed by atoms with E-state index in [1.54, 1.807) is 12.1 Å². The van der Waals surface area contributed by atoms with Gasteiger partial charge in [0.2, 0.25) is 0 Å². The van der Waals surface area contributed by atoms with E-state index in [0.29, 0.717) is 10.0 Å². The van der Waals surface area contributed by atoms with E-state index in [1.165, 1.54) is 17.5 Å². The molecule has 0 radical (unpaired) electrons. The molecule has 2 rings (SSSR count). The fourth-order valence-corrected chi connectivity index (χ4v) is 2.37. The predicted octanol–water partition coefficient (Wildman–Crippen LogP) is 2.68. The van der Waals surface area contributed by atoms with Crippen LogP contribution in [-0.2, 0) is 0 Å². The van der Waals surface area contributed by atoms with Gasteiger partial charge in [-0.15, -0.1) is 11.3 Å². The van der Waals surface area contributed by atoms with Crippen LogP contribution in [0.3, 0.4) is 0 Å². The molecule has 0 aliphatic rings. The summed E-state index contributed by atoms with van der Waals surface area (Å²) < 4.78 is 0.606. The Morgan fingerprint density at radius 2 is 2.27 bits per heavy atom. The number of nitrogen functional groups attached to an aromatic ring is 1. The van der Waals surface area contributed by atoms with Crippen molar-refractivity contribution in [3.8, 4) is 10.6 Å². The standard InChI is InChI=1S/C9H7ClN2O2S/c10-6-2-1-5(15-6)8-7(9(13)14)4(11)3-12-8/h1-3,12H,11H2,(H,13,14). The van der Waals surface area contributed by atoms with E-state index in [2.05, 4.69) is 4.98 Å². The van der Waals surface area contributed by atoms with Crippen LogP contribution in [0.4, 0.5) is 5.69 Å². The number of nitrogens with one attached hydrogen (secondary N) is 1. The fraction of sp³-hybridized carbons (Fsp3) is 0. The number of carboxylic acid groups (broad SMARTS) is 1. The van der Waals surface area contributed by atoms with Gasteiger partial charge in [-0.25, -0.2) is 4.79 Å². The summed E-state index contributed by atoms with van der Waals surface area (Å²) in [5.74, 6) is -1.05. The molecule has 0 aliphatic carbocycles. The zero-order valence-electron chi connectivity index (χ0n) is 7.45. The number of hydrogen-bond acceptors (Lipinski definition) is 3. The SMILES string of the molecule is Nc1c[nH]c(-c2ccc(Cl)s2)c1C(=O)O. The lowest BCUT2D eigenvalue weighted by molar-refractivity contribution is 0.0699. The van der Waals surface area contributed by atoms with Gasteiger partial charge in [0.25, 0.3) is 0 Å². The second kappa shape index (κ2) is 3.60. The highest BCUT2D eigenvalue weighted by molar-refractivity contribution is 7.19. The van der Waals surface area contributed by atoms with Gasteiger partial charge in [0.05, 0.1) is 20.6 Å². The van der Waals surface area contributed by atoms with E-state index in [4.69, 9.17) is 22.4 Å². The van der Waals surface area contributed by atoms with E-state index in [0.717, 1.165) is 4.88 Å². The van der Waals surface area contributed by atoms with Gasteiger partial charge >= 0.3 is 5.97 Å². The van der Waals surface area contributed by atoms with E-state index >= 15 is 0 Å². The summed E-state index contributed by atoms with van der Waals surface area (Å²) in [5, 5.41) is 8.98. The average Bonchev–Trinajstić information content (AvgIpc) is 2.71. The van der Waals surface area contributed by atoms with Crippen LogP contribution in [0.2, 0.25) is 4.34 Å². The van der Waals surface area contributed by atoms with Gasteiger partial charge in [-0.3, -0.25) is 0 Å². The summed E-state index contributed by atoms with van der Waals surface area (Å²) in [5.41, 5.74) is 6.36. The molecule has 0 atom stereocenters. The molecule has 0 saturated heterocycles. The molecule has 0 aromatic carbocycles. The molecule has 0 fully saturated rings. The minimum absolute atomic E-state index is 0.0912. The molecule has 6 heteroatoms. The summed E-state index contributed by atoms with van der Waals surface area (Å²) >= 11 is 7.08. The highest BCUT2D eigenvalue weighted by Gasteiger charge is 2.18. The van der Waals surface area contributed by atoms with E-state index in [-0.39, 0.29) is 11.3 Å². The molecule has 0 saturated carbocycles. The third kappa shape index (κ3) is 1.71. The number of thiophene rings is 1. The van der Waals surface area contributed by atoms with Crippen LogP contribution in [0.1, 0.15) is 10.4 Å². The Balaban J connectivity index is 2.58. The zero-order valence-corrected chi connectivity index (χ0v) is 9.02. The van der Waals surface area contributed by atoms with Gasteiger partial charge in [-0.1, -0.05) is 11.6 Å². The molecule has 0 unspecified atom stereocenters. The number of anilines is 1. The molecule has 4 N–H and O–H groups in total. The molecule has 2 aromatic heterocycles. The number of rotatable bonds is 2. The second-order valence-electron chi connectivity index (χ2n) is 2.90. The lowest BCUT2D eigenvalue weighted by atomic mass is 10.2. The molecule has 78 valence electrons. The van der Waals surface area contributed by atoms with Crippen LogP contribution < -0.4 is 5.73 Å². The lowest BCUT2D eigenvalue weighted by Crippen LogP contribution is -2.00. The highest BCUT2D eigenvalue weighted by Crippen LogP contribution is 2.34. The van der Waals surface area contributed by atoms with Crippen molar-refractivity contribution in [3.05, 3.63) is 28.2 Å². The first kappa shape index (κ1) is 10.1. The van der Waals surface area contributed by atoms with E-state index in [9.17, 15) is 4.79 Å². The van der Waals surface area contributed by atoms with E-state index < -0.39 is 5.97 Å². The van der Waals surface area contributed by atoms with Crippen LogP contribution in [0.25, 0.3) is 10.6 Å². The Bertz CT molecular complexity index is 518. The van der Waals surface area contributed by atoms with Crippen molar-refractivity contribution in [2.45, 2.75) is 0 Å². The molecule has 4 nitrogen and oxygen atoms in total. The molecule has 0 amide bonds. The molecule has 2 heterocycles. The number of halogens is 1. The minimum Gasteiger partial charge on any atom is -0.478 e. The predicted molar refractivity (Wildman–Crippen MR) is 60.5 cm³/mol. The highest BCUT2D eigenvalue weighted by atomic mass is 35.5. The first-order valence-corrected chi connectivity index (χ1v) is 5.25. The van der Waals surface area contributed by atoms with Gasteiger partial charge in [0, 0.05) is 6.20 Å². The van der Waals surface area contributed by atoms with Crippen molar-refractivity contribution >= 4 is 34.6 Å². The average molecular weight is 243 g/mol. The third-order valence-electron chi connectivity index (χ3n) is 1.94. The maximum atomic E-state index is 11.0. The lowest BCUT2D eigenvalue weighted by Gasteiger charge is -1.96. The Kier molecular flexibility index (Phi) is 2.42. The summed E-state index contributed by atoms with van der Waals surface area (Å²) in [4.78, 5) is 14.5. The molecular weight excluding hydrogens is 236 g/mol. The molecule has 0 spiro atoms. The molecule has 2 aromatic rings. The Morgan fingerprint density at radius 3 is 2.80 bits per heavy atom. The van der Waals surface area contributed by atoms with Gasteiger partial charge in [-0.05, 0) is 12.1 Å². The van der Waals surface area contributed by atoms with Gasteiger partial charge < -0.3 is 15.8 Å². The summed E-state index contributed by atoms with van der Waals surface area (Å²) in [7, 11) is 0. The van der Waals surface area contributed by atoms with Crippen molar-refractivity contribution in [1.82, 2.24) is 4.98 Å². The maximum absolute atomic E-state index is 11.0. The van der Waals surface area contributed by atoms with Crippen LogP contribution in [0.5, 0.6) is 0 Å². The number of hydrogen-bond donors (Lipinski definition) is 3. The quantitative estimate of drug-likeness (QED) is 0.758. The summed E-state index contributed by atoms with van der Waals surface area (Å²) in [6.45, 7) is 0. The number of H-pyrrole nitrogens is 1. The topological polar surface area (TPSA) is 79.1 Å². The van der Waals surface area contributed by atoms with Crippen LogP contribution >= 0.6 is 22.9 Å². The van der Waals surface area contributed by atoms with Crippen molar-refractivity contribution in [3.63, 3.8) is 0 Å². The maximum Gasteiger partial charge on any atom is 0.340 e. The van der Waals surface area contributed by atoms with Gasteiger partial charge in [0.1, 0.15) is 5.56 Å². The van der Waals surface area contributed by atoms with Gasteiger partial charge in [-0.2, -0.15) is 0 Å². The van der Waals surface area contributed by atoms with Crippen LogP contribution in [0.15, 0.2) is 18.3 Å². The Morgan fingerprint density at radius 1 is 1.53 bits per heavy atom.